The lowest BCUT2D eigenvalue weighted by Crippen LogP contribution is -2.15. The predicted molar refractivity (Wildman–Crippen MR) is 74.6 cm³/mol. The minimum Gasteiger partial charge on any atom is -0.394 e. The van der Waals surface area contributed by atoms with Crippen LogP contribution in [-0.2, 0) is 0 Å². The molecule has 19 heavy (non-hydrogen) atoms. The summed E-state index contributed by atoms with van der Waals surface area (Å²) in [6.45, 7) is 3.85. The van der Waals surface area contributed by atoms with Crippen molar-refractivity contribution in [2.75, 3.05) is 12.4 Å². The average molecular weight is 279 g/mol. The van der Waals surface area contributed by atoms with Gasteiger partial charge in [0, 0.05) is 5.75 Å². The Balaban J connectivity index is 2.23. The molecule has 1 heterocycles. The molecule has 0 saturated heterocycles. The number of aliphatic hydroxyl groups is 2. The number of hydrogen-bond acceptors (Lipinski definition) is 5. The van der Waals surface area contributed by atoms with E-state index in [1.54, 1.807) is 6.33 Å². The van der Waals surface area contributed by atoms with Crippen LogP contribution in [0.25, 0.3) is 5.69 Å². The number of thioether (sulfide) groups is 1. The smallest absolute Gasteiger partial charge is 0.195 e. The summed E-state index contributed by atoms with van der Waals surface area (Å²) in [7, 11) is 0. The Kier molecular flexibility index (Phi) is 4.57. The lowest BCUT2D eigenvalue weighted by Gasteiger charge is -2.11. The van der Waals surface area contributed by atoms with E-state index in [9.17, 15) is 5.11 Å². The topological polar surface area (TPSA) is 71.2 Å². The van der Waals surface area contributed by atoms with Gasteiger partial charge < -0.3 is 10.2 Å². The second kappa shape index (κ2) is 6.18. The number of aryl methyl sites for hydroxylation is 2. The van der Waals surface area contributed by atoms with Crippen LogP contribution in [0.1, 0.15) is 11.1 Å². The van der Waals surface area contributed by atoms with Crippen LogP contribution in [0.15, 0.2) is 29.7 Å². The van der Waals surface area contributed by atoms with Crippen molar-refractivity contribution in [1.82, 2.24) is 14.8 Å². The van der Waals surface area contributed by atoms with Crippen LogP contribution < -0.4 is 0 Å². The van der Waals surface area contributed by atoms with Gasteiger partial charge in [-0.3, -0.25) is 4.57 Å². The number of benzene rings is 1. The van der Waals surface area contributed by atoms with Crippen LogP contribution in [0.3, 0.4) is 0 Å². The van der Waals surface area contributed by atoms with Crippen LogP contribution in [0, 0.1) is 13.8 Å². The van der Waals surface area contributed by atoms with Gasteiger partial charge in [0.1, 0.15) is 6.33 Å². The highest BCUT2D eigenvalue weighted by Crippen LogP contribution is 2.22. The van der Waals surface area contributed by atoms with Crippen LogP contribution in [0.4, 0.5) is 0 Å². The third kappa shape index (κ3) is 3.34. The Labute approximate surface area is 116 Å². The van der Waals surface area contributed by atoms with Crippen molar-refractivity contribution in [1.29, 1.82) is 0 Å². The molecule has 2 N–H and O–H groups in total. The highest BCUT2D eigenvalue weighted by atomic mass is 32.2. The SMILES string of the molecule is Cc1ccc(-n2cnnc2SCC(O)CO)c(C)c1. The molecular weight excluding hydrogens is 262 g/mol. The van der Waals surface area contributed by atoms with Gasteiger partial charge in [-0.25, -0.2) is 0 Å². The molecule has 0 saturated carbocycles. The highest BCUT2D eigenvalue weighted by Gasteiger charge is 2.11. The van der Waals surface area contributed by atoms with Gasteiger partial charge in [0.2, 0.25) is 0 Å². The van der Waals surface area contributed by atoms with Gasteiger partial charge in [0.05, 0.1) is 18.4 Å². The molecule has 0 amide bonds. The standard InChI is InChI=1S/C13H17N3O2S/c1-9-3-4-12(10(2)5-9)16-8-14-15-13(16)19-7-11(18)6-17/h3-5,8,11,17-18H,6-7H2,1-2H3. The van der Waals surface area contributed by atoms with Crippen LogP contribution >= 0.6 is 11.8 Å². The van der Waals surface area contributed by atoms with Crippen LogP contribution in [0.5, 0.6) is 0 Å². The van der Waals surface area contributed by atoms with E-state index < -0.39 is 6.10 Å². The minimum atomic E-state index is -0.741. The van der Waals surface area contributed by atoms with Gasteiger partial charge >= 0.3 is 0 Å². The van der Waals surface area contributed by atoms with Crippen molar-refractivity contribution in [3.63, 3.8) is 0 Å². The maximum atomic E-state index is 9.38. The van der Waals surface area contributed by atoms with Crippen molar-refractivity contribution in [2.24, 2.45) is 0 Å². The third-order valence-electron chi connectivity index (χ3n) is 2.74. The first kappa shape index (κ1) is 14.0. The van der Waals surface area contributed by atoms with Crippen molar-refractivity contribution in [3.05, 3.63) is 35.7 Å². The molecule has 0 bridgehead atoms. The first-order valence-corrected chi connectivity index (χ1v) is 6.99. The Morgan fingerprint density at radius 3 is 2.84 bits per heavy atom. The summed E-state index contributed by atoms with van der Waals surface area (Å²) >= 11 is 1.37. The number of rotatable bonds is 5. The van der Waals surface area contributed by atoms with Crippen LogP contribution in [-0.4, -0.2) is 43.4 Å². The second-order valence-electron chi connectivity index (χ2n) is 4.42. The van der Waals surface area contributed by atoms with Crippen molar-refractivity contribution < 1.29 is 10.2 Å². The zero-order chi connectivity index (χ0) is 13.8. The summed E-state index contributed by atoms with van der Waals surface area (Å²) in [6.07, 6.45) is 0.917. The number of hydrogen-bond donors (Lipinski definition) is 2. The number of aromatic nitrogens is 3. The van der Waals surface area contributed by atoms with Gasteiger partial charge in [-0.2, -0.15) is 0 Å². The first-order chi connectivity index (χ1) is 9.11. The molecule has 1 atom stereocenters. The fourth-order valence-corrected chi connectivity index (χ4v) is 2.62. The quantitative estimate of drug-likeness (QED) is 0.808. The maximum Gasteiger partial charge on any atom is 0.195 e. The maximum absolute atomic E-state index is 9.38. The van der Waals surface area contributed by atoms with E-state index in [0.717, 1.165) is 11.3 Å². The first-order valence-electron chi connectivity index (χ1n) is 6.01. The summed E-state index contributed by atoms with van der Waals surface area (Å²) in [4.78, 5) is 0. The Bertz CT molecular complexity index is 557. The lowest BCUT2D eigenvalue weighted by atomic mass is 10.1. The average Bonchev–Trinajstić information content (AvgIpc) is 2.84. The van der Waals surface area contributed by atoms with Crippen molar-refractivity contribution in [3.8, 4) is 5.69 Å². The second-order valence-corrected chi connectivity index (χ2v) is 5.41. The number of aliphatic hydroxyl groups excluding tert-OH is 2. The van der Waals surface area contributed by atoms with Crippen molar-refractivity contribution >= 4 is 11.8 Å². The molecule has 2 rings (SSSR count). The van der Waals surface area contributed by atoms with Crippen molar-refractivity contribution in [2.45, 2.75) is 25.1 Å². The van der Waals surface area contributed by atoms with E-state index in [4.69, 9.17) is 5.11 Å². The van der Waals surface area contributed by atoms with Gasteiger partial charge in [-0.1, -0.05) is 29.5 Å². The summed E-state index contributed by atoms with van der Waals surface area (Å²) in [5.74, 6) is 0.389. The molecule has 102 valence electrons. The summed E-state index contributed by atoms with van der Waals surface area (Å²) in [6, 6.07) is 6.17. The zero-order valence-electron chi connectivity index (χ0n) is 10.9. The Morgan fingerprint density at radius 1 is 1.37 bits per heavy atom. The molecule has 0 aliphatic rings. The number of nitrogens with zero attached hydrogens (tertiary/aromatic N) is 3. The molecule has 1 aromatic carbocycles. The van der Waals surface area contributed by atoms with E-state index >= 15 is 0 Å². The van der Waals surface area contributed by atoms with Gasteiger partial charge in [0.25, 0.3) is 0 Å². The molecule has 1 aromatic heterocycles. The fourth-order valence-electron chi connectivity index (χ4n) is 1.79. The Morgan fingerprint density at radius 2 is 2.16 bits per heavy atom. The largest absolute Gasteiger partial charge is 0.394 e. The lowest BCUT2D eigenvalue weighted by molar-refractivity contribution is 0.113. The molecule has 6 heteroatoms. The summed E-state index contributed by atoms with van der Waals surface area (Å²) in [5.41, 5.74) is 3.38. The van der Waals surface area contributed by atoms with Gasteiger partial charge in [0.15, 0.2) is 5.16 Å². The molecule has 1 unspecified atom stereocenters. The van der Waals surface area contributed by atoms with E-state index in [1.807, 2.05) is 23.6 Å². The van der Waals surface area contributed by atoms with E-state index in [-0.39, 0.29) is 6.61 Å². The predicted octanol–water partition coefficient (Wildman–Crippen LogP) is 1.33. The zero-order valence-corrected chi connectivity index (χ0v) is 11.8. The normalized spacial score (nSPS) is 12.6. The van der Waals surface area contributed by atoms with Gasteiger partial charge in [-0.15, -0.1) is 10.2 Å². The van der Waals surface area contributed by atoms with E-state index in [1.165, 1.54) is 17.3 Å². The monoisotopic (exact) mass is 279 g/mol. The molecule has 5 nitrogen and oxygen atoms in total. The molecule has 0 spiro atoms. The highest BCUT2D eigenvalue weighted by molar-refractivity contribution is 7.99. The van der Waals surface area contributed by atoms with Crippen LogP contribution in [0.2, 0.25) is 0 Å². The molecule has 0 radical (unpaired) electrons. The molecule has 0 aliphatic heterocycles. The molecular formula is C13H17N3O2S. The molecule has 0 aliphatic carbocycles. The Hall–Kier alpha value is -1.37. The third-order valence-corrected chi connectivity index (χ3v) is 3.83. The molecule has 2 aromatic rings. The summed E-state index contributed by atoms with van der Waals surface area (Å²) in [5, 5.41) is 26.9. The fraction of sp³-hybridized carbons (Fsp3) is 0.385. The minimum absolute atomic E-state index is 0.245. The van der Waals surface area contributed by atoms with E-state index in [0.29, 0.717) is 10.9 Å². The van der Waals surface area contributed by atoms with Gasteiger partial charge in [-0.05, 0) is 25.5 Å². The molecule has 0 fully saturated rings. The summed E-state index contributed by atoms with van der Waals surface area (Å²) < 4.78 is 1.89. The van der Waals surface area contributed by atoms with E-state index in [2.05, 4.69) is 23.2 Å².